The van der Waals surface area contributed by atoms with Crippen LogP contribution >= 0.6 is 0 Å². The van der Waals surface area contributed by atoms with Gasteiger partial charge in [0.05, 0.1) is 16.8 Å². The second-order valence-electron chi connectivity index (χ2n) is 10.9. The Kier molecular flexibility index (Phi) is 8.67. The smallest absolute Gasteiger partial charge is 0.408 e. The highest BCUT2D eigenvalue weighted by molar-refractivity contribution is 6.07. The van der Waals surface area contributed by atoms with E-state index >= 15 is 0 Å². The zero-order valence-corrected chi connectivity index (χ0v) is 24.7. The first kappa shape index (κ1) is 30.2. The molecule has 0 saturated carbocycles. The van der Waals surface area contributed by atoms with Crippen molar-refractivity contribution in [3.8, 4) is 18.1 Å². The van der Waals surface area contributed by atoms with Crippen molar-refractivity contribution in [3.05, 3.63) is 108 Å². The van der Waals surface area contributed by atoms with Gasteiger partial charge >= 0.3 is 6.09 Å². The highest BCUT2D eigenvalue weighted by atomic mass is 16.6. The van der Waals surface area contributed by atoms with Crippen LogP contribution in [0.5, 0.6) is 5.75 Å². The average molecular weight is 600 g/mol. The molecular weight excluding hydrogens is 570 g/mol. The van der Waals surface area contributed by atoms with E-state index in [4.69, 9.17) is 11.2 Å². The Morgan fingerprint density at radius 2 is 1.64 bits per heavy atom. The highest BCUT2D eigenvalue weighted by Gasteiger charge is 2.18. The van der Waals surface area contributed by atoms with E-state index in [1.165, 1.54) is 24.7 Å². The quantitative estimate of drug-likeness (QED) is 0.163. The van der Waals surface area contributed by atoms with Gasteiger partial charge < -0.3 is 26.0 Å². The molecule has 0 aliphatic heterocycles. The predicted octanol–water partition coefficient (Wildman–Crippen LogP) is 6.14. The lowest BCUT2D eigenvalue weighted by Crippen LogP contribution is -2.42. The molecule has 0 fully saturated rings. The van der Waals surface area contributed by atoms with Gasteiger partial charge in [0, 0.05) is 34.1 Å². The maximum atomic E-state index is 13.0. The van der Waals surface area contributed by atoms with Gasteiger partial charge in [-0.2, -0.15) is 0 Å². The van der Waals surface area contributed by atoms with Gasteiger partial charge in [-0.15, -0.1) is 6.42 Å². The van der Waals surface area contributed by atoms with Gasteiger partial charge in [0.25, 0.3) is 11.8 Å². The maximum absolute atomic E-state index is 13.0. The van der Waals surface area contributed by atoms with Crippen LogP contribution in [0.3, 0.4) is 0 Å². The minimum atomic E-state index is -0.654. The molecule has 0 unspecified atom stereocenters. The molecule has 2 aromatic heterocycles. The minimum absolute atomic E-state index is 0.0629. The number of hydrogen-bond acceptors (Lipinski definition) is 8. The molecule has 0 spiro atoms. The predicted molar refractivity (Wildman–Crippen MR) is 173 cm³/mol. The monoisotopic (exact) mass is 599 g/mol. The lowest BCUT2D eigenvalue weighted by Gasteiger charge is -2.20. The zero-order chi connectivity index (χ0) is 32.0. The first-order valence-corrected chi connectivity index (χ1v) is 13.8. The van der Waals surface area contributed by atoms with Gasteiger partial charge in [0.1, 0.15) is 17.8 Å². The van der Waals surface area contributed by atoms with Crippen LogP contribution < -0.4 is 26.0 Å². The van der Waals surface area contributed by atoms with Crippen LogP contribution in [0.4, 0.5) is 27.7 Å². The van der Waals surface area contributed by atoms with Crippen LogP contribution in [0, 0.1) is 12.3 Å². The number of rotatable bonds is 7. The number of pyridine rings is 1. The Morgan fingerprint density at radius 1 is 0.822 bits per heavy atom. The van der Waals surface area contributed by atoms with Crippen LogP contribution in [0.2, 0.25) is 0 Å². The fraction of sp³-hybridized carbons (Fsp3) is 0.118. The van der Waals surface area contributed by atoms with E-state index in [2.05, 4.69) is 42.1 Å². The van der Waals surface area contributed by atoms with E-state index in [1.54, 1.807) is 42.5 Å². The summed E-state index contributed by atoms with van der Waals surface area (Å²) in [5, 5.41) is 12.2. The first-order valence-electron chi connectivity index (χ1n) is 13.8. The topological polar surface area (TPSA) is 147 Å². The molecular formula is C34H29N7O4. The van der Waals surface area contributed by atoms with E-state index in [9.17, 15) is 14.4 Å². The van der Waals surface area contributed by atoms with Gasteiger partial charge in [0.2, 0.25) is 0 Å². The van der Waals surface area contributed by atoms with Crippen molar-refractivity contribution >= 4 is 51.7 Å². The van der Waals surface area contributed by atoms with Crippen molar-refractivity contribution in [1.29, 1.82) is 0 Å². The number of para-hydroxylation sites is 2. The van der Waals surface area contributed by atoms with Crippen LogP contribution in [0.25, 0.3) is 10.9 Å². The Labute approximate surface area is 259 Å². The molecule has 11 heteroatoms. The Bertz CT molecular complexity index is 1940. The van der Waals surface area contributed by atoms with E-state index in [0.717, 1.165) is 11.3 Å². The molecule has 224 valence electrons. The number of nitrogens with one attached hydrogen (secondary N) is 4. The molecule has 5 aromatic rings. The van der Waals surface area contributed by atoms with Gasteiger partial charge in [0.15, 0.2) is 5.75 Å². The van der Waals surface area contributed by atoms with Crippen molar-refractivity contribution in [2.45, 2.75) is 26.3 Å². The number of hydrogen-bond donors (Lipinski definition) is 4. The summed E-state index contributed by atoms with van der Waals surface area (Å²) in [6.07, 6.45) is 7.62. The van der Waals surface area contributed by atoms with E-state index in [-0.39, 0.29) is 22.7 Å². The molecule has 0 aliphatic rings. The summed E-state index contributed by atoms with van der Waals surface area (Å²) >= 11 is 0. The molecule has 11 nitrogen and oxygen atoms in total. The van der Waals surface area contributed by atoms with Crippen molar-refractivity contribution in [1.82, 2.24) is 20.3 Å². The van der Waals surface area contributed by atoms with E-state index in [1.807, 2.05) is 45.0 Å². The summed E-state index contributed by atoms with van der Waals surface area (Å²) in [5.41, 5.74) is 2.77. The second-order valence-corrected chi connectivity index (χ2v) is 10.9. The minimum Gasteiger partial charge on any atom is -0.408 e. The van der Waals surface area contributed by atoms with Gasteiger partial charge in [-0.05, 0) is 81.4 Å². The van der Waals surface area contributed by atoms with Crippen molar-refractivity contribution in [2.75, 3.05) is 16.0 Å². The van der Waals surface area contributed by atoms with Crippen LogP contribution in [0.15, 0.2) is 91.4 Å². The molecule has 0 saturated heterocycles. The summed E-state index contributed by atoms with van der Waals surface area (Å²) < 4.78 is 5.38. The zero-order valence-electron chi connectivity index (χ0n) is 24.7. The molecule has 0 radical (unpaired) electrons. The number of fused-ring (bicyclic) bond motifs is 1. The number of amides is 3. The fourth-order valence-electron chi connectivity index (χ4n) is 4.20. The van der Waals surface area contributed by atoms with Crippen LogP contribution in [-0.2, 0) is 0 Å². The Morgan fingerprint density at radius 3 is 2.40 bits per heavy atom. The Balaban J connectivity index is 1.26. The number of nitrogens with zero attached hydrogens (tertiary/aromatic N) is 3. The summed E-state index contributed by atoms with van der Waals surface area (Å²) in [6, 6.07) is 22.1. The number of anilines is 4. The largest absolute Gasteiger partial charge is 0.413 e. The molecule has 2 heterocycles. The molecule has 0 aliphatic carbocycles. The number of benzene rings is 3. The number of carbonyl (C=O) groups is 3. The van der Waals surface area contributed by atoms with Crippen molar-refractivity contribution < 1.29 is 19.1 Å². The normalized spacial score (nSPS) is 10.8. The summed E-state index contributed by atoms with van der Waals surface area (Å²) in [7, 11) is 0. The lowest BCUT2D eigenvalue weighted by atomic mass is 10.1. The SMILES string of the molecule is C#Cc1cccc(Nc2ncnc3ccc(NC(=O)c4ccc(C(=O)Nc5ccccc5OC(=O)NC(C)(C)C)nc4)cc23)c1. The molecule has 3 aromatic carbocycles. The third-order valence-electron chi connectivity index (χ3n) is 6.26. The van der Waals surface area contributed by atoms with Crippen molar-refractivity contribution in [2.24, 2.45) is 0 Å². The Hall–Kier alpha value is -6.28. The summed E-state index contributed by atoms with van der Waals surface area (Å²) in [5.74, 6) is 2.35. The van der Waals surface area contributed by atoms with E-state index < -0.39 is 23.4 Å². The van der Waals surface area contributed by atoms with Crippen LogP contribution in [-0.4, -0.2) is 38.4 Å². The van der Waals surface area contributed by atoms with Gasteiger partial charge in [-0.25, -0.2) is 14.8 Å². The third-order valence-corrected chi connectivity index (χ3v) is 6.26. The highest BCUT2D eigenvalue weighted by Crippen LogP contribution is 2.27. The standard InChI is InChI=1S/C34H29N7O4/c1-5-21-9-8-10-23(17-21)38-30-25-18-24(14-16-26(25)36-20-37-30)39-31(42)22-13-15-28(35-19-22)32(43)40-27-11-6-7-12-29(27)45-33(44)41-34(2,3)4/h1,6-20H,2-4H3,(H,39,42)(H,40,43)(H,41,44)(H,36,37,38). The first-order chi connectivity index (χ1) is 21.6. The van der Waals surface area contributed by atoms with Crippen LogP contribution in [0.1, 0.15) is 47.2 Å². The van der Waals surface area contributed by atoms with E-state index in [0.29, 0.717) is 22.4 Å². The molecule has 0 bridgehead atoms. The lowest BCUT2D eigenvalue weighted by molar-refractivity contribution is 0.101. The van der Waals surface area contributed by atoms with Gasteiger partial charge in [-0.1, -0.05) is 24.1 Å². The molecule has 4 N–H and O–H groups in total. The van der Waals surface area contributed by atoms with Gasteiger partial charge in [-0.3, -0.25) is 14.6 Å². The molecule has 0 atom stereocenters. The number of ether oxygens (including phenoxy) is 1. The number of carbonyl (C=O) groups excluding carboxylic acids is 3. The summed E-state index contributed by atoms with van der Waals surface area (Å²) in [4.78, 5) is 51.0. The second kappa shape index (κ2) is 12.9. The van der Waals surface area contributed by atoms with Crippen molar-refractivity contribution in [3.63, 3.8) is 0 Å². The number of aromatic nitrogens is 3. The maximum Gasteiger partial charge on any atom is 0.413 e. The summed E-state index contributed by atoms with van der Waals surface area (Å²) in [6.45, 7) is 5.47. The average Bonchev–Trinajstić information content (AvgIpc) is 3.01. The number of terminal acetylenes is 1. The molecule has 5 rings (SSSR count). The third kappa shape index (κ3) is 7.77. The fourth-order valence-corrected chi connectivity index (χ4v) is 4.20. The molecule has 3 amide bonds. The molecule has 45 heavy (non-hydrogen) atoms.